The lowest BCUT2D eigenvalue weighted by molar-refractivity contribution is -0.291. The third-order valence-electron chi connectivity index (χ3n) is 6.26. The van der Waals surface area contributed by atoms with Crippen LogP contribution in [0.15, 0.2) is 54.6 Å². The summed E-state index contributed by atoms with van der Waals surface area (Å²) >= 11 is 0. The van der Waals surface area contributed by atoms with E-state index in [9.17, 15) is 35.5 Å². The minimum Gasteiger partial charge on any atom is -0.304 e. The highest BCUT2D eigenvalue weighted by Crippen LogP contribution is 2.44. The number of hydrogen-bond donors (Lipinski definition) is 0. The van der Waals surface area contributed by atoms with Gasteiger partial charge in [0, 0.05) is 23.4 Å². The zero-order valence-electron chi connectivity index (χ0n) is 19.0. The van der Waals surface area contributed by atoms with Crippen molar-refractivity contribution >= 4 is 17.2 Å². The monoisotopic (exact) mass is 522 g/mol. The first-order valence-corrected chi connectivity index (χ1v) is 11.1. The van der Waals surface area contributed by atoms with Gasteiger partial charge in [-0.1, -0.05) is 0 Å². The van der Waals surface area contributed by atoms with Gasteiger partial charge in [-0.3, -0.25) is 4.79 Å². The number of rotatable bonds is 3. The van der Waals surface area contributed by atoms with Crippen LogP contribution in [0.3, 0.4) is 0 Å². The van der Waals surface area contributed by atoms with Crippen LogP contribution in [0.25, 0.3) is 16.9 Å². The maximum atomic E-state index is 14.6. The maximum Gasteiger partial charge on any atom is 0.459 e. The van der Waals surface area contributed by atoms with Gasteiger partial charge in [0.25, 0.3) is 5.91 Å². The van der Waals surface area contributed by atoms with E-state index in [1.807, 2.05) is 0 Å². The fourth-order valence-corrected chi connectivity index (χ4v) is 4.37. The smallest absolute Gasteiger partial charge is 0.304 e. The first kappa shape index (κ1) is 24.7. The third kappa shape index (κ3) is 4.19. The Bertz CT molecular complexity index is 1510. The zero-order chi connectivity index (χ0) is 26.7. The van der Waals surface area contributed by atoms with E-state index in [1.165, 1.54) is 35.2 Å². The fraction of sp³-hybridized carbons (Fsp3) is 0.240. The van der Waals surface area contributed by atoms with E-state index in [2.05, 4.69) is 10.1 Å². The fourth-order valence-electron chi connectivity index (χ4n) is 4.37. The van der Waals surface area contributed by atoms with E-state index in [0.29, 0.717) is 30.2 Å². The Morgan fingerprint density at radius 2 is 1.62 bits per heavy atom. The van der Waals surface area contributed by atoms with Crippen molar-refractivity contribution in [2.45, 2.75) is 37.9 Å². The van der Waals surface area contributed by atoms with Gasteiger partial charge in [-0.25, -0.2) is 18.3 Å². The molecule has 0 unspecified atom stereocenters. The minimum atomic E-state index is -5.97. The molecule has 1 atom stereocenters. The summed E-state index contributed by atoms with van der Waals surface area (Å²) < 4.78 is 96.7. The van der Waals surface area contributed by atoms with E-state index < -0.39 is 46.7 Å². The van der Waals surface area contributed by atoms with Crippen molar-refractivity contribution in [1.82, 2.24) is 14.6 Å². The molecule has 4 aromatic rings. The van der Waals surface area contributed by atoms with E-state index in [-0.39, 0.29) is 21.8 Å². The Balaban J connectivity index is 1.67. The van der Waals surface area contributed by atoms with Crippen molar-refractivity contribution in [3.63, 3.8) is 0 Å². The second-order valence-electron chi connectivity index (χ2n) is 8.74. The molecule has 2 aromatic heterocycles. The molecule has 0 fully saturated rings. The number of fused-ring (bicyclic) bond motifs is 2. The molecule has 1 aliphatic rings. The molecule has 0 spiro atoms. The molecule has 5 nitrogen and oxygen atoms in total. The lowest BCUT2D eigenvalue weighted by Gasteiger charge is -2.34. The number of alkyl halides is 5. The molecule has 0 radical (unpaired) electrons. The van der Waals surface area contributed by atoms with E-state index in [0.717, 1.165) is 18.2 Å². The second-order valence-corrected chi connectivity index (χ2v) is 8.74. The molecule has 0 bridgehead atoms. The van der Waals surface area contributed by atoms with Crippen LogP contribution >= 0.6 is 0 Å². The van der Waals surface area contributed by atoms with Crippen LogP contribution in [-0.2, 0) is 12.3 Å². The summed E-state index contributed by atoms with van der Waals surface area (Å²) in [6.07, 6.45) is -5.00. The molecular weight excluding hydrogens is 505 g/mol. The van der Waals surface area contributed by atoms with Crippen LogP contribution in [0.1, 0.15) is 35.1 Å². The van der Waals surface area contributed by atoms with E-state index >= 15 is 0 Å². The highest BCUT2D eigenvalue weighted by molar-refractivity contribution is 6.06. The first-order valence-electron chi connectivity index (χ1n) is 11.1. The van der Waals surface area contributed by atoms with Gasteiger partial charge < -0.3 is 4.90 Å². The van der Waals surface area contributed by atoms with Gasteiger partial charge in [0.15, 0.2) is 11.3 Å². The number of anilines is 1. The quantitative estimate of drug-likeness (QED) is 0.297. The van der Waals surface area contributed by atoms with Gasteiger partial charge in [0.2, 0.25) is 0 Å². The molecule has 1 aliphatic heterocycles. The first-order chi connectivity index (χ1) is 17.4. The number of hydrogen-bond acceptors (Lipinski definition) is 3. The number of benzene rings is 2. The number of nitrogens with zero attached hydrogens (tertiary/aromatic N) is 4. The predicted octanol–water partition coefficient (Wildman–Crippen LogP) is 6.31. The third-order valence-corrected chi connectivity index (χ3v) is 6.26. The van der Waals surface area contributed by atoms with Crippen molar-refractivity contribution < 1.29 is 35.5 Å². The van der Waals surface area contributed by atoms with Gasteiger partial charge in [-0.05, 0) is 73.9 Å². The molecule has 5 rings (SSSR count). The Hall–Kier alpha value is -3.96. The topological polar surface area (TPSA) is 50.5 Å². The van der Waals surface area contributed by atoms with E-state index in [4.69, 9.17) is 0 Å². The maximum absolute atomic E-state index is 14.6. The lowest BCUT2D eigenvalue weighted by Crippen LogP contribution is -2.42. The van der Waals surface area contributed by atoms with Crippen molar-refractivity contribution in [1.29, 1.82) is 0 Å². The predicted molar refractivity (Wildman–Crippen MR) is 119 cm³/mol. The molecule has 2 aromatic carbocycles. The van der Waals surface area contributed by atoms with Crippen LogP contribution in [0.2, 0.25) is 0 Å². The summed E-state index contributed by atoms with van der Waals surface area (Å²) in [5, 5.41) is 3.79. The number of halogens is 7. The Kier molecular flexibility index (Phi) is 5.72. The van der Waals surface area contributed by atoms with Gasteiger partial charge in [0.05, 0.1) is 5.69 Å². The minimum absolute atomic E-state index is 0.0813. The number of carbonyl (C=O) groups is 1. The number of aryl methyl sites for hydroxylation is 1. The summed E-state index contributed by atoms with van der Waals surface area (Å²) in [5.41, 5.74) is -1.69. The molecule has 0 saturated heterocycles. The highest BCUT2D eigenvalue weighted by atomic mass is 19.4. The van der Waals surface area contributed by atoms with Gasteiger partial charge >= 0.3 is 12.1 Å². The average Bonchev–Trinajstić information content (AvgIpc) is 3.27. The molecule has 12 heteroatoms. The molecule has 3 heterocycles. The molecule has 192 valence electrons. The van der Waals surface area contributed by atoms with Crippen LogP contribution < -0.4 is 4.90 Å². The standard InChI is InChI=1S/C25H17F7N4O/c1-13-2-3-15-10-17(27)8-9-20(15)35(13)23(37)19-12-22-33-18(14-4-6-16(26)7-5-14)11-21(36(22)34-19)24(28,29)25(30,31)32/h4-13H,2-3H2,1H3/t13-/m1/s1. The molecule has 0 saturated carbocycles. The molecule has 0 aliphatic carbocycles. The van der Waals surface area contributed by atoms with Crippen molar-refractivity contribution in [3.05, 3.63) is 83.2 Å². The van der Waals surface area contributed by atoms with Gasteiger partial charge in [-0.15, -0.1) is 0 Å². The largest absolute Gasteiger partial charge is 0.459 e. The van der Waals surface area contributed by atoms with Crippen molar-refractivity contribution in [2.24, 2.45) is 0 Å². The van der Waals surface area contributed by atoms with Gasteiger partial charge in [-0.2, -0.15) is 27.1 Å². The van der Waals surface area contributed by atoms with Crippen molar-refractivity contribution in [3.8, 4) is 11.3 Å². The summed E-state index contributed by atoms with van der Waals surface area (Å²) in [4.78, 5) is 18.9. The van der Waals surface area contributed by atoms with Crippen molar-refractivity contribution in [2.75, 3.05) is 4.90 Å². The number of carbonyl (C=O) groups excluding carboxylic acids is 1. The number of aromatic nitrogens is 3. The Morgan fingerprint density at radius 3 is 2.30 bits per heavy atom. The Labute approximate surface area is 205 Å². The van der Waals surface area contributed by atoms with Crippen LogP contribution in [0.5, 0.6) is 0 Å². The molecule has 0 N–H and O–H groups in total. The molecular formula is C25H17F7N4O. The number of amides is 1. The lowest BCUT2D eigenvalue weighted by atomic mass is 9.96. The van der Waals surface area contributed by atoms with Gasteiger partial charge in [0.1, 0.15) is 17.3 Å². The highest BCUT2D eigenvalue weighted by Gasteiger charge is 2.60. The molecule has 37 heavy (non-hydrogen) atoms. The van der Waals surface area contributed by atoms with Crippen LogP contribution in [0.4, 0.5) is 36.4 Å². The van der Waals surface area contributed by atoms with E-state index in [1.54, 1.807) is 6.92 Å². The summed E-state index contributed by atoms with van der Waals surface area (Å²) in [6, 6.07) is 9.36. The zero-order valence-corrected chi connectivity index (χ0v) is 19.0. The Morgan fingerprint density at radius 1 is 0.946 bits per heavy atom. The summed E-state index contributed by atoms with van der Waals surface area (Å²) in [5.74, 6) is -7.25. The summed E-state index contributed by atoms with van der Waals surface area (Å²) in [7, 11) is 0. The SMILES string of the molecule is C[C@@H]1CCc2cc(F)ccc2N1C(=O)c1cc2nc(-c3ccc(F)cc3)cc(C(F)(F)C(F)(F)F)n2n1. The summed E-state index contributed by atoms with van der Waals surface area (Å²) in [6.45, 7) is 1.73. The van der Waals surface area contributed by atoms with Crippen LogP contribution in [0, 0.1) is 11.6 Å². The normalized spacial score (nSPS) is 16.2. The second kappa shape index (κ2) is 8.56. The van der Waals surface area contributed by atoms with Crippen LogP contribution in [-0.4, -0.2) is 32.7 Å². The molecule has 1 amide bonds. The average molecular weight is 522 g/mol.